The minimum Gasteiger partial charge on any atom is -0.456 e. The molecule has 1 aliphatic heterocycles. The number of nitrogens with one attached hydrogen (secondary N) is 1. The molecule has 3 heterocycles. The van der Waals surface area contributed by atoms with Crippen LogP contribution in [0.2, 0.25) is 0 Å². The fraction of sp³-hybridized carbons (Fsp3) is 0.0213. The second kappa shape index (κ2) is 11.3. The number of nitrogens with zero attached hydrogens (tertiary/aromatic N) is 2. The number of hydrogen-bond acceptors (Lipinski definition) is 5. The zero-order valence-electron chi connectivity index (χ0n) is 27.9. The van der Waals surface area contributed by atoms with Gasteiger partial charge in [-0.2, -0.15) is 0 Å². The van der Waals surface area contributed by atoms with E-state index < -0.39 is 6.17 Å². The quantitative estimate of drug-likeness (QED) is 0.203. The van der Waals surface area contributed by atoms with E-state index in [4.69, 9.17) is 18.8 Å². The van der Waals surface area contributed by atoms with Gasteiger partial charge in [-0.05, 0) is 69.1 Å². The normalized spacial score (nSPS) is 13.7. The lowest BCUT2D eigenvalue weighted by atomic mass is 9.91. The van der Waals surface area contributed by atoms with Gasteiger partial charge in [0.1, 0.15) is 34.0 Å². The molecule has 0 fully saturated rings. The first kappa shape index (κ1) is 28.8. The van der Waals surface area contributed by atoms with Crippen LogP contribution < -0.4 is 5.32 Å². The third-order valence-corrected chi connectivity index (χ3v) is 10.3. The Kier molecular flexibility index (Phi) is 6.25. The summed E-state index contributed by atoms with van der Waals surface area (Å²) in [4.78, 5) is 10.9. The molecule has 0 aliphatic carbocycles. The summed E-state index contributed by atoms with van der Waals surface area (Å²) in [5, 5.41) is 12.5. The molecular weight excluding hydrogens is 639 g/mol. The number of aliphatic imine (C=N–C) groups is 2. The van der Waals surface area contributed by atoms with Crippen molar-refractivity contribution in [1.82, 2.24) is 5.32 Å². The highest BCUT2D eigenvalue weighted by molar-refractivity contribution is 6.19. The average Bonchev–Trinajstić information content (AvgIpc) is 3.79. The van der Waals surface area contributed by atoms with E-state index in [9.17, 15) is 0 Å². The molecule has 8 aromatic carbocycles. The maximum absolute atomic E-state index is 6.51. The molecule has 1 aliphatic rings. The van der Waals surface area contributed by atoms with Gasteiger partial charge in [-0.3, -0.25) is 0 Å². The maximum atomic E-state index is 6.51. The Hall–Kier alpha value is -6.98. The van der Waals surface area contributed by atoms with Crippen molar-refractivity contribution in [2.45, 2.75) is 6.17 Å². The molecule has 0 spiro atoms. The molecule has 5 heteroatoms. The highest BCUT2D eigenvalue weighted by atomic mass is 16.3. The summed E-state index contributed by atoms with van der Waals surface area (Å²) in [6.45, 7) is 0. The van der Waals surface area contributed by atoms with E-state index in [0.717, 1.165) is 94.1 Å². The number of amidine groups is 2. The standard InChI is InChI=1S/C47H29N3O2/c1-3-12-30-26-32(22-20-28(30)10-1)45-48-46(33-23-21-29-11-2-4-13-31(29)27-33)50-47(49-45)44-35(24-25-41-43(44)37-15-6-8-18-39(37)52-41)34-16-9-19-40-42(34)36-14-5-7-17-38(36)51-40/h1-27,47H,(H,48,49,50). The van der Waals surface area contributed by atoms with E-state index in [0.29, 0.717) is 0 Å². The van der Waals surface area contributed by atoms with Crippen LogP contribution in [-0.2, 0) is 0 Å². The fourth-order valence-electron chi connectivity index (χ4n) is 7.89. The minimum absolute atomic E-state index is 0.600. The average molecular weight is 668 g/mol. The molecule has 2 aromatic heterocycles. The smallest absolute Gasteiger partial charge is 0.171 e. The minimum atomic E-state index is -0.600. The van der Waals surface area contributed by atoms with Crippen molar-refractivity contribution in [2.75, 3.05) is 0 Å². The molecule has 11 rings (SSSR count). The van der Waals surface area contributed by atoms with Crippen LogP contribution in [-0.4, -0.2) is 11.7 Å². The fourth-order valence-corrected chi connectivity index (χ4v) is 7.89. The lowest BCUT2D eigenvalue weighted by Crippen LogP contribution is -2.36. The van der Waals surface area contributed by atoms with Gasteiger partial charge in [0.2, 0.25) is 0 Å². The summed E-state index contributed by atoms with van der Waals surface area (Å²) in [5.74, 6) is 1.52. The highest BCUT2D eigenvalue weighted by Gasteiger charge is 2.28. The molecule has 5 nitrogen and oxygen atoms in total. The Labute approximate surface area is 298 Å². The van der Waals surface area contributed by atoms with Crippen molar-refractivity contribution in [3.63, 3.8) is 0 Å². The molecule has 0 radical (unpaired) electrons. The van der Waals surface area contributed by atoms with Crippen LogP contribution in [0.5, 0.6) is 0 Å². The molecule has 0 bridgehead atoms. The van der Waals surface area contributed by atoms with Crippen LogP contribution in [0.25, 0.3) is 76.5 Å². The van der Waals surface area contributed by atoms with Crippen LogP contribution in [0, 0.1) is 0 Å². The van der Waals surface area contributed by atoms with Crippen molar-refractivity contribution in [3.05, 3.63) is 180 Å². The number of benzene rings is 8. The van der Waals surface area contributed by atoms with Crippen LogP contribution in [0.1, 0.15) is 22.9 Å². The van der Waals surface area contributed by atoms with E-state index in [1.54, 1.807) is 0 Å². The second-order valence-corrected chi connectivity index (χ2v) is 13.4. The predicted molar refractivity (Wildman–Crippen MR) is 213 cm³/mol. The Bertz CT molecular complexity index is 3030. The Balaban J connectivity index is 1.22. The predicted octanol–water partition coefficient (Wildman–Crippen LogP) is 12.0. The van der Waals surface area contributed by atoms with Gasteiger partial charge in [0, 0.05) is 38.2 Å². The van der Waals surface area contributed by atoms with Crippen molar-refractivity contribution < 1.29 is 8.83 Å². The van der Waals surface area contributed by atoms with E-state index >= 15 is 0 Å². The maximum Gasteiger partial charge on any atom is 0.171 e. The molecule has 1 N–H and O–H groups in total. The van der Waals surface area contributed by atoms with Crippen molar-refractivity contribution in [1.29, 1.82) is 0 Å². The van der Waals surface area contributed by atoms with Gasteiger partial charge in [-0.1, -0.05) is 127 Å². The van der Waals surface area contributed by atoms with Crippen LogP contribution >= 0.6 is 0 Å². The van der Waals surface area contributed by atoms with E-state index in [-0.39, 0.29) is 0 Å². The lowest BCUT2D eigenvalue weighted by molar-refractivity contribution is 0.667. The molecule has 0 unspecified atom stereocenters. The van der Waals surface area contributed by atoms with Crippen molar-refractivity contribution >= 4 is 77.1 Å². The number of rotatable bonds is 4. The van der Waals surface area contributed by atoms with Gasteiger partial charge in [0.05, 0.1) is 0 Å². The highest BCUT2D eigenvalue weighted by Crippen LogP contribution is 2.45. The third-order valence-electron chi connectivity index (χ3n) is 10.3. The first-order valence-electron chi connectivity index (χ1n) is 17.5. The molecule has 0 atom stereocenters. The molecule has 0 saturated heterocycles. The number of para-hydroxylation sites is 2. The van der Waals surface area contributed by atoms with E-state index in [1.807, 2.05) is 30.3 Å². The summed E-state index contributed by atoms with van der Waals surface area (Å²) in [6, 6.07) is 56.9. The largest absolute Gasteiger partial charge is 0.456 e. The molecule has 0 saturated carbocycles. The molecular formula is C47H29N3O2. The van der Waals surface area contributed by atoms with Gasteiger partial charge in [-0.25, -0.2) is 9.98 Å². The second-order valence-electron chi connectivity index (χ2n) is 13.4. The van der Waals surface area contributed by atoms with Gasteiger partial charge in [0.15, 0.2) is 6.17 Å². The van der Waals surface area contributed by atoms with E-state index in [1.165, 1.54) is 10.8 Å². The summed E-state index contributed by atoms with van der Waals surface area (Å²) in [5.41, 5.74) is 8.39. The first-order chi connectivity index (χ1) is 25.7. The van der Waals surface area contributed by atoms with E-state index in [2.05, 4.69) is 139 Å². The third kappa shape index (κ3) is 4.49. The Morgan fingerprint density at radius 1 is 0.404 bits per heavy atom. The number of hydrogen-bond donors (Lipinski definition) is 1. The summed E-state index contributed by atoms with van der Waals surface area (Å²) in [7, 11) is 0. The van der Waals surface area contributed by atoms with Gasteiger partial charge < -0.3 is 14.2 Å². The SMILES string of the molecule is c1ccc2cc(C3=NC(c4c(-c5cccc6oc7ccccc7c56)ccc5oc6ccccc6c45)N=C(c4ccc5ccccc5c4)N3)ccc2c1. The zero-order chi connectivity index (χ0) is 34.2. The van der Waals surface area contributed by atoms with Gasteiger partial charge >= 0.3 is 0 Å². The lowest BCUT2D eigenvalue weighted by Gasteiger charge is -2.25. The number of furan rings is 2. The van der Waals surface area contributed by atoms with Gasteiger partial charge in [-0.15, -0.1) is 0 Å². The summed E-state index contributed by atoms with van der Waals surface area (Å²) >= 11 is 0. The van der Waals surface area contributed by atoms with Crippen molar-refractivity contribution in [3.8, 4) is 11.1 Å². The van der Waals surface area contributed by atoms with Crippen LogP contribution in [0.3, 0.4) is 0 Å². The summed E-state index contributed by atoms with van der Waals surface area (Å²) < 4.78 is 12.9. The molecule has 244 valence electrons. The molecule has 52 heavy (non-hydrogen) atoms. The number of fused-ring (bicyclic) bond motifs is 8. The van der Waals surface area contributed by atoms with Crippen molar-refractivity contribution in [2.24, 2.45) is 9.98 Å². The summed E-state index contributed by atoms with van der Waals surface area (Å²) in [6.07, 6.45) is -0.600. The Morgan fingerprint density at radius 3 is 1.56 bits per heavy atom. The molecule has 0 amide bonds. The molecule has 10 aromatic rings. The monoisotopic (exact) mass is 667 g/mol. The topological polar surface area (TPSA) is 63.0 Å². The Morgan fingerprint density at radius 2 is 0.923 bits per heavy atom. The van der Waals surface area contributed by atoms with Crippen LogP contribution in [0.4, 0.5) is 0 Å². The van der Waals surface area contributed by atoms with Gasteiger partial charge in [0.25, 0.3) is 0 Å². The van der Waals surface area contributed by atoms with Crippen LogP contribution in [0.15, 0.2) is 183 Å². The zero-order valence-corrected chi connectivity index (χ0v) is 27.9. The first-order valence-corrected chi connectivity index (χ1v) is 17.5.